The second-order valence-corrected chi connectivity index (χ2v) is 3.76. The van der Waals surface area contributed by atoms with Gasteiger partial charge in [0.1, 0.15) is 0 Å². The van der Waals surface area contributed by atoms with E-state index in [1.807, 2.05) is 0 Å². The van der Waals surface area contributed by atoms with Gasteiger partial charge in [0.2, 0.25) is 0 Å². The largest absolute Gasteiger partial charge is 0.353 e. The molecule has 64 valence electrons. The highest BCUT2D eigenvalue weighted by Gasteiger charge is 2.17. The van der Waals surface area contributed by atoms with Gasteiger partial charge in [0.05, 0.1) is 0 Å². The Labute approximate surface area is 73.7 Å². The van der Waals surface area contributed by atoms with Gasteiger partial charge in [-0.2, -0.15) is 0 Å². The van der Waals surface area contributed by atoms with E-state index in [1.54, 1.807) is 0 Å². The Hall–Kier alpha value is -0.980. The fourth-order valence-corrected chi connectivity index (χ4v) is 2.15. The summed E-state index contributed by atoms with van der Waals surface area (Å²) < 4.78 is 2.26. The molecule has 1 unspecified atom stereocenters. The molecule has 1 aromatic heterocycles. The van der Waals surface area contributed by atoms with Crippen LogP contribution < -0.4 is 0 Å². The van der Waals surface area contributed by atoms with Gasteiger partial charge in [-0.05, 0) is 24.5 Å². The number of aryl methyl sites for hydroxylation is 2. The van der Waals surface area contributed by atoms with Crippen molar-refractivity contribution in [2.45, 2.75) is 26.2 Å². The summed E-state index contributed by atoms with van der Waals surface area (Å²) in [6.45, 7) is 4.48. The monoisotopic (exact) mass is 161 g/mol. The predicted octanol–water partition coefficient (Wildman–Crippen LogP) is 2.85. The number of hydrogen-bond acceptors (Lipinski definition) is 0. The number of fused-ring (bicyclic) bond motifs is 1. The molecule has 2 rings (SSSR count). The van der Waals surface area contributed by atoms with Crippen molar-refractivity contribution in [2.24, 2.45) is 7.05 Å². The predicted molar refractivity (Wildman–Crippen MR) is 52.2 cm³/mol. The minimum absolute atomic E-state index is 0.684. The van der Waals surface area contributed by atoms with Crippen LogP contribution in [0.5, 0.6) is 0 Å². The molecule has 1 nitrogen and oxygen atoms in total. The van der Waals surface area contributed by atoms with Crippen LogP contribution in [0.25, 0.3) is 6.08 Å². The normalized spacial score (nSPS) is 21.1. The molecule has 0 aliphatic heterocycles. The summed E-state index contributed by atoms with van der Waals surface area (Å²) in [6, 6.07) is 0. The van der Waals surface area contributed by atoms with E-state index >= 15 is 0 Å². The van der Waals surface area contributed by atoms with E-state index in [9.17, 15) is 0 Å². The van der Waals surface area contributed by atoms with Crippen LogP contribution in [0.4, 0.5) is 0 Å². The van der Waals surface area contributed by atoms with E-state index in [-0.39, 0.29) is 0 Å². The van der Waals surface area contributed by atoms with Crippen molar-refractivity contribution in [2.75, 3.05) is 0 Å². The van der Waals surface area contributed by atoms with Crippen LogP contribution in [0.1, 0.15) is 36.1 Å². The van der Waals surface area contributed by atoms with E-state index in [2.05, 4.69) is 43.8 Å². The highest BCUT2D eigenvalue weighted by molar-refractivity contribution is 5.60. The Morgan fingerprint density at radius 1 is 1.50 bits per heavy atom. The van der Waals surface area contributed by atoms with Gasteiger partial charge in [-0.25, -0.2) is 0 Å². The van der Waals surface area contributed by atoms with Gasteiger partial charge in [0.15, 0.2) is 0 Å². The molecule has 1 aliphatic rings. The number of aromatic nitrogens is 1. The average Bonchev–Trinajstić information content (AvgIpc) is 2.29. The first-order valence-corrected chi connectivity index (χ1v) is 4.52. The quantitative estimate of drug-likeness (QED) is 0.551. The van der Waals surface area contributed by atoms with Gasteiger partial charge >= 0.3 is 0 Å². The molecule has 0 bridgehead atoms. The molecule has 1 heteroatoms. The van der Waals surface area contributed by atoms with Gasteiger partial charge in [0, 0.05) is 24.9 Å². The maximum absolute atomic E-state index is 2.29. The molecule has 0 aromatic carbocycles. The molecule has 0 saturated carbocycles. The summed E-state index contributed by atoms with van der Waals surface area (Å²) in [5, 5.41) is 0. The number of nitrogens with zero attached hydrogens (tertiary/aromatic N) is 1. The summed E-state index contributed by atoms with van der Waals surface area (Å²) in [5.74, 6) is 0.684. The maximum Gasteiger partial charge on any atom is 0.0278 e. The Balaban J connectivity index is 2.64. The maximum atomic E-state index is 2.29. The van der Waals surface area contributed by atoms with Gasteiger partial charge < -0.3 is 4.57 Å². The van der Waals surface area contributed by atoms with Crippen molar-refractivity contribution in [1.29, 1.82) is 0 Å². The van der Waals surface area contributed by atoms with Crippen LogP contribution >= 0.6 is 0 Å². The third kappa shape index (κ3) is 0.927. The van der Waals surface area contributed by atoms with E-state index < -0.39 is 0 Å². The van der Waals surface area contributed by atoms with E-state index in [1.165, 1.54) is 23.2 Å². The number of allylic oxidation sites excluding steroid dienone is 1. The van der Waals surface area contributed by atoms with Crippen LogP contribution in [-0.4, -0.2) is 4.57 Å². The second-order valence-electron chi connectivity index (χ2n) is 3.76. The summed E-state index contributed by atoms with van der Waals surface area (Å²) in [4.78, 5) is 0. The van der Waals surface area contributed by atoms with Crippen molar-refractivity contribution in [1.82, 2.24) is 4.57 Å². The Bertz CT molecular complexity index is 331. The highest BCUT2D eigenvalue weighted by atomic mass is 14.9. The summed E-state index contributed by atoms with van der Waals surface area (Å²) >= 11 is 0. The lowest BCUT2D eigenvalue weighted by Gasteiger charge is -2.16. The molecule has 0 spiro atoms. The molecule has 0 amide bonds. The first-order chi connectivity index (χ1) is 5.70. The lowest BCUT2D eigenvalue weighted by Crippen LogP contribution is -2.04. The van der Waals surface area contributed by atoms with Crippen molar-refractivity contribution in [3.63, 3.8) is 0 Å². The molecule has 0 N–H and O–H groups in total. The lowest BCUT2D eigenvalue weighted by atomic mass is 9.93. The fraction of sp³-hybridized carbons (Fsp3) is 0.455. The van der Waals surface area contributed by atoms with Gasteiger partial charge in [-0.1, -0.05) is 19.1 Å². The fourth-order valence-electron chi connectivity index (χ4n) is 2.15. The molecular weight excluding hydrogens is 146 g/mol. The molecule has 12 heavy (non-hydrogen) atoms. The first-order valence-electron chi connectivity index (χ1n) is 4.52. The number of hydrogen-bond donors (Lipinski definition) is 0. The van der Waals surface area contributed by atoms with E-state index in [0.717, 1.165) is 0 Å². The van der Waals surface area contributed by atoms with Gasteiger partial charge in [0.25, 0.3) is 0 Å². The van der Waals surface area contributed by atoms with E-state index in [0.29, 0.717) is 5.92 Å². The molecule has 0 saturated heterocycles. The van der Waals surface area contributed by atoms with Crippen LogP contribution in [0, 0.1) is 6.92 Å². The molecule has 1 heterocycles. The first kappa shape index (κ1) is 7.66. The molecule has 1 aliphatic carbocycles. The van der Waals surface area contributed by atoms with Crippen LogP contribution in [0.3, 0.4) is 0 Å². The van der Waals surface area contributed by atoms with Crippen LogP contribution in [0.15, 0.2) is 12.3 Å². The molecule has 0 fully saturated rings. The lowest BCUT2D eigenvalue weighted by molar-refractivity contribution is 0.688. The minimum atomic E-state index is 0.684. The van der Waals surface area contributed by atoms with Gasteiger partial charge in [-0.15, -0.1) is 0 Å². The minimum Gasteiger partial charge on any atom is -0.353 e. The third-order valence-electron chi connectivity index (χ3n) is 2.71. The van der Waals surface area contributed by atoms with Crippen molar-refractivity contribution < 1.29 is 0 Å². The van der Waals surface area contributed by atoms with Crippen molar-refractivity contribution in [3.8, 4) is 0 Å². The zero-order chi connectivity index (χ0) is 8.72. The Morgan fingerprint density at radius 2 is 2.25 bits per heavy atom. The average molecular weight is 161 g/mol. The Morgan fingerprint density at radius 3 is 2.92 bits per heavy atom. The second kappa shape index (κ2) is 2.51. The van der Waals surface area contributed by atoms with Crippen molar-refractivity contribution >= 4 is 6.08 Å². The molecular formula is C11H15N. The standard InChI is InChI=1S/C11H15N/c1-8-5-4-6-10-9(2)7-12(3)11(8)10/h4,6-8H,5H2,1-3H3. The third-order valence-corrected chi connectivity index (χ3v) is 2.71. The highest BCUT2D eigenvalue weighted by Crippen LogP contribution is 2.31. The zero-order valence-corrected chi connectivity index (χ0v) is 7.96. The molecule has 1 atom stereocenters. The molecule has 0 radical (unpaired) electrons. The Kier molecular flexibility index (Phi) is 1.60. The van der Waals surface area contributed by atoms with Crippen LogP contribution in [0.2, 0.25) is 0 Å². The summed E-state index contributed by atoms with van der Waals surface area (Å²) in [7, 11) is 2.14. The summed E-state index contributed by atoms with van der Waals surface area (Å²) in [6.07, 6.45) is 7.94. The zero-order valence-electron chi connectivity index (χ0n) is 7.96. The van der Waals surface area contributed by atoms with Crippen LogP contribution in [-0.2, 0) is 7.05 Å². The topological polar surface area (TPSA) is 4.93 Å². The summed E-state index contributed by atoms with van der Waals surface area (Å²) in [5.41, 5.74) is 4.33. The van der Waals surface area contributed by atoms with Gasteiger partial charge in [-0.3, -0.25) is 0 Å². The SMILES string of the molecule is Cc1cn(C)c2c1C=CCC2C. The molecule has 1 aromatic rings. The number of rotatable bonds is 0. The van der Waals surface area contributed by atoms with Crippen molar-refractivity contribution in [3.05, 3.63) is 29.1 Å². The smallest absolute Gasteiger partial charge is 0.0278 e. The van der Waals surface area contributed by atoms with E-state index in [4.69, 9.17) is 0 Å².